The summed E-state index contributed by atoms with van der Waals surface area (Å²) in [5, 5.41) is 0.698. The molecular weight excluding hydrogens is 209 g/mol. The molecule has 0 aromatic carbocycles. The van der Waals surface area contributed by atoms with Crippen LogP contribution < -0.4 is 4.84 Å². The molecule has 0 aliphatic rings. The van der Waals surface area contributed by atoms with Crippen molar-refractivity contribution in [3.05, 3.63) is 35.4 Å². The fourth-order valence-corrected chi connectivity index (χ4v) is 1.50. The molecule has 0 atom stereocenters. The molecule has 0 radical (unpaired) electrons. The summed E-state index contributed by atoms with van der Waals surface area (Å²) in [5.74, 6) is 0. The number of nitrogens with one attached hydrogen (secondary N) is 1. The maximum atomic E-state index is 5.85. The van der Waals surface area contributed by atoms with Crippen molar-refractivity contribution in [1.29, 1.82) is 0 Å². The van der Waals surface area contributed by atoms with Gasteiger partial charge in [-0.3, -0.25) is 0 Å². The van der Waals surface area contributed by atoms with E-state index in [9.17, 15) is 0 Å². The number of aromatic nitrogens is 2. The van der Waals surface area contributed by atoms with Crippen LogP contribution in [-0.2, 0) is 6.54 Å². The fourth-order valence-electron chi connectivity index (χ4n) is 1.22. The lowest BCUT2D eigenvalue weighted by Crippen LogP contribution is -1.98. The van der Waals surface area contributed by atoms with Crippen LogP contribution in [0.1, 0.15) is 5.69 Å². The third-order valence-corrected chi connectivity index (χ3v) is 2.18. The van der Waals surface area contributed by atoms with E-state index < -0.39 is 0 Å². The molecule has 0 bridgehead atoms. The number of fused-ring (bicyclic) bond motifs is 1. The lowest BCUT2D eigenvalue weighted by Gasteiger charge is -1.96. The Morgan fingerprint density at radius 3 is 3.15 bits per heavy atom. The van der Waals surface area contributed by atoms with E-state index in [1.54, 1.807) is 6.33 Å². The molecule has 5 heteroatoms. The fraction of sp³-hybridized carbons (Fsp3) is 0.125. The second-order valence-corrected chi connectivity index (χ2v) is 3.34. The molecule has 0 spiro atoms. The third kappa shape index (κ3) is 1.63. The van der Waals surface area contributed by atoms with Crippen molar-refractivity contribution in [2.45, 2.75) is 6.54 Å². The van der Waals surface area contributed by atoms with Gasteiger partial charge < -0.3 is 4.40 Å². The van der Waals surface area contributed by atoms with Crippen LogP contribution in [0.15, 0.2) is 24.7 Å². The molecule has 2 rings (SSSR count). The van der Waals surface area contributed by atoms with Gasteiger partial charge in [0, 0.05) is 11.2 Å². The van der Waals surface area contributed by atoms with Crippen molar-refractivity contribution in [1.82, 2.24) is 14.2 Å². The third-order valence-electron chi connectivity index (χ3n) is 1.82. The van der Waals surface area contributed by atoms with E-state index in [1.165, 1.54) is 0 Å². The average molecular weight is 216 g/mol. The summed E-state index contributed by atoms with van der Waals surface area (Å²) >= 11 is 11.3. The molecular formula is C8H7Cl2N3. The zero-order chi connectivity index (χ0) is 9.26. The molecule has 0 aliphatic carbocycles. The summed E-state index contributed by atoms with van der Waals surface area (Å²) in [6.45, 7) is 0.526. The van der Waals surface area contributed by atoms with Crippen molar-refractivity contribution in [3.8, 4) is 0 Å². The number of hydrogen-bond donors (Lipinski definition) is 1. The zero-order valence-corrected chi connectivity index (χ0v) is 8.18. The summed E-state index contributed by atoms with van der Waals surface area (Å²) in [7, 11) is 0. The van der Waals surface area contributed by atoms with Gasteiger partial charge in [-0.15, -0.1) is 0 Å². The van der Waals surface area contributed by atoms with E-state index in [4.69, 9.17) is 23.4 Å². The molecule has 0 saturated carbocycles. The zero-order valence-electron chi connectivity index (χ0n) is 6.67. The predicted molar refractivity (Wildman–Crippen MR) is 52.9 cm³/mol. The van der Waals surface area contributed by atoms with Crippen LogP contribution in [0, 0.1) is 0 Å². The smallest absolute Gasteiger partial charge is 0.0996 e. The van der Waals surface area contributed by atoms with Crippen LogP contribution in [0.25, 0.3) is 5.52 Å². The quantitative estimate of drug-likeness (QED) is 0.780. The highest BCUT2D eigenvalue weighted by Gasteiger charge is 2.03. The molecule has 1 N–H and O–H groups in total. The van der Waals surface area contributed by atoms with Crippen LogP contribution in [0.5, 0.6) is 0 Å². The molecule has 0 amide bonds. The molecule has 2 heterocycles. The van der Waals surface area contributed by atoms with Crippen molar-refractivity contribution in [3.63, 3.8) is 0 Å². The molecule has 68 valence electrons. The van der Waals surface area contributed by atoms with Gasteiger partial charge in [0.1, 0.15) is 0 Å². The predicted octanol–water partition coefficient (Wildman–Crippen LogP) is 2.23. The van der Waals surface area contributed by atoms with Gasteiger partial charge >= 0.3 is 0 Å². The minimum Gasteiger partial charge on any atom is -0.306 e. The highest BCUT2D eigenvalue weighted by atomic mass is 35.5. The number of rotatable bonds is 2. The number of halogens is 2. The summed E-state index contributed by atoms with van der Waals surface area (Å²) < 4.78 is 1.90. The Hall–Kier alpha value is -0.770. The Balaban J connectivity index is 2.58. The van der Waals surface area contributed by atoms with Gasteiger partial charge in [0.2, 0.25) is 0 Å². The van der Waals surface area contributed by atoms with Crippen molar-refractivity contribution in [2.75, 3.05) is 0 Å². The summed E-state index contributed by atoms with van der Waals surface area (Å²) in [5.41, 5.74) is 1.86. The first-order chi connectivity index (χ1) is 6.31. The Labute approximate surface area is 85.4 Å². The first-order valence-corrected chi connectivity index (χ1v) is 4.51. The molecule has 2 aromatic rings. The normalized spacial score (nSPS) is 10.9. The van der Waals surface area contributed by atoms with Gasteiger partial charge in [-0.1, -0.05) is 11.6 Å². The molecule has 2 aromatic heterocycles. The van der Waals surface area contributed by atoms with Crippen molar-refractivity contribution >= 4 is 28.9 Å². The average Bonchev–Trinajstić information content (AvgIpc) is 2.49. The summed E-state index contributed by atoms with van der Waals surface area (Å²) in [4.78, 5) is 6.72. The second-order valence-electron chi connectivity index (χ2n) is 2.64. The molecule has 0 saturated heterocycles. The highest BCUT2D eigenvalue weighted by Crippen LogP contribution is 2.15. The first kappa shape index (κ1) is 8.81. The molecule has 3 nitrogen and oxygen atoms in total. The molecule has 13 heavy (non-hydrogen) atoms. The topological polar surface area (TPSA) is 29.3 Å². The summed E-state index contributed by atoms with van der Waals surface area (Å²) in [6.07, 6.45) is 3.59. The van der Waals surface area contributed by atoms with Crippen LogP contribution in [0.2, 0.25) is 5.02 Å². The lowest BCUT2D eigenvalue weighted by molar-refractivity contribution is 0.933. The monoisotopic (exact) mass is 215 g/mol. The Bertz CT molecular complexity index is 424. The largest absolute Gasteiger partial charge is 0.306 e. The molecule has 0 unspecified atom stereocenters. The van der Waals surface area contributed by atoms with Gasteiger partial charge in [0.05, 0.1) is 24.1 Å². The van der Waals surface area contributed by atoms with E-state index in [-0.39, 0.29) is 0 Å². The standard InChI is InChI=1S/C8H7Cl2N3/c9-6-1-2-13-5-11-7(4-12-10)8(13)3-6/h1-3,5,12H,4H2. The maximum absolute atomic E-state index is 5.85. The van der Waals surface area contributed by atoms with Gasteiger partial charge in [0.15, 0.2) is 0 Å². The van der Waals surface area contributed by atoms with E-state index >= 15 is 0 Å². The van der Waals surface area contributed by atoms with Gasteiger partial charge in [-0.05, 0) is 23.9 Å². The van der Waals surface area contributed by atoms with E-state index in [0.29, 0.717) is 11.6 Å². The molecule has 0 fully saturated rings. The first-order valence-electron chi connectivity index (χ1n) is 3.76. The number of hydrogen-bond acceptors (Lipinski definition) is 2. The number of pyridine rings is 1. The Morgan fingerprint density at radius 2 is 2.38 bits per heavy atom. The second kappa shape index (κ2) is 3.54. The van der Waals surface area contributed by atoms with Crippen LogP contribution in [0.3, 0.4) is 0 Å². The van der Waals surface area contributed by atoms with Crippen molar-refractivity contribution < 1.29 is 0 Å². The van der Waals surface area contributed by atoms with Crippen LogP contribution >= 0.6 is 23.4 Å². The maximum Gasteiger partial charge on any atom is 0.0996 e. The SMILES string of the molecule is ClNCc1ncn2ccc(Cl)cc12. The van der Waals surface area contributed by atoms with E-state index in [1.807, 2.05) is 22.7 Å². The van der Waals surface area contributed by atoms with Crippen molar-refractivity contribution in [2.24, 2.45) is 0 Å². The van der Waals surface area contributed by atoms with Crippen LogP contribution in [0.4, 0.5) is 0 Å². The van der Waals surface area contributed by atoms with E-state index in [0.717, 1.165) is 11.2 Å². The summed E-state index contributed by atoms with van der Waals surface area (Å²) in [6, 6.07) is 3.67. The lowest BCUT2D eigenvalue weighted by atomic mass is 10.3. The minimum absolute atomic E-state index is 0.526. The van der Waals surface area contributed by atoms with Crippen LogP contribution in [-0.4, -0.2) is 9.38 Å². The van der Waals surface area contributed by atoms with Gasteiger partial charge in [0.25, 0.3) is 0 Å². The number of imidazole rings is 1. The number of nitrogens with zero attached hydrogens (tertiary/aromatic N) is 2. The minimum atomic E-state index is 0.526. The molecule has 0 aliphatic heterocycles. The van der Waals surface area contributed by atoms with Gasteiger partial charge in [-0.2, -0.15) is 0 Å². The highest BCUT2D eigenvalue weighted by molar-refractivity contribution is 6.30. The Morgan fingerprint density at radius 1 is 1.54 bits per heavy atom. The van der Waals surface area contributed by atoms with E-state index in [2.05, 4.69) is 9.82 Å². The Kier molecular flexibility index (Phi) is 2.40. The van der Waals surface area contributed by atoms with Gasteiger partial charge in [-0.25, -0.2) is 9.82 Å².